The smallest absolute Gasteiger partial charge is 0.164 e. The number of benzene rings is 1. The number of nitrogens with two attached hydrogens (primary N) is 1. The van der Waals surface area contributed by atoms with Gasteiger partial charge in [-0.3, -0.25) is 0 Å². The van der Waals surface area contributed by atoms with Crippen molar-refractivity contribution < 1.29 is 0 Å². The van der Waals surface area contributed by atoms with Crippen LogP contribution in [0.5, 0.6) is 0 Å². The Kier molecular flexibility index (Phi) is 2.83. The minimum absolute atomic E-state index is 0.610. The van der Waals surface area contributed by atoms with Crippen LogP contribution in [0.2, 0.25) is 5.02 Å². The molecule has 0 spiro atoms. The molecular formula is C11H13ClN4. The topological polar surface area (TPSA) is 56.7 Å². The maximum absolute atomic E-state index is 5.96. The van der Waals surface area contributed by atoms with Crippen molar-refractivity contribution in [2.75, 3.05) is 5.73 Å². The second kappa shape index (κ2) is 4.14. The summed E-state index contributed by atoms with van der Waals surface area (Å²) in [4.78, 5) is 0. The molecule has 0 aliphatic carbocycles. The zero-order valence-corrected chi connectivity index (χ0v) is 9.99. The van der Waals surface area contributed by atoms with Gasteiger partial charge in [-0.15, -0.1) is 10.2 Å². The average molecular weight is 237 g/mol. The molecule has 5 heteroatoms. The fourth-order valence-corrected chi connectivity index (χ4v) is 1.96. The van der Waals surface area contributed by atoms with Crippen molar-refractivity contribution in [3.63, 3.8) is 0 Å². The number of nitrogens with zero attached hydrogens (tertiary/aromatic N) is 3. The first kappa shape index (κ1) is 11.0. The molecule has 2 N–H and O–H groups in total. The Labute approximate surface area is 99.1 Å². The Hall–Kier alpha value is -1.55. The summed E-state index contributed by atoms with van der Waals surface area (Å²) in [5, 5.41) is 8.80. The molecule has 0 aliphatic rings. The van der Waals surface area contributed by atoms with E-state index >= 15 is 0 Å². The van der Waals surface area contributed by atoms with Gasteiger partial charge in [-0.25, -0.2) is 0 Å². The number of rotatable bonds is 2. The zero-order chi connectivity index (χ0) is 11.7. The van der Waals surface area contributed by atoms with Crippen molar-refractivity contribution in [3.8, 4) is 11.4 Å². The summed E-state index contributed by atoms with van der Waals surface area (Å²) < 4.78 is 2.02. The Morgan fingerprint density at radius 3 is 2.69 bits per heavy atom. The number of aryl methyl sites for hydroxylation is 1. The van der Waals surface area contributed by atoms with Gasteiger partial charge in [0.05, 0.1) is 0 Å². The lowest BCUT2D eigenvalue weighted by Gasteiger charge is -2.06. The summed E-state index contributed by atoms with van der Waals surface area (Å²) in [7, 11) is 0. The van der Waals surface area contributed by atoms with Crippen LogP contribution in [-0.2, 0) is 6.54 Å². The van der Waals surface area contributed by atoms with Crippen LogP contribution in [0.25, 0.3) is 11.4 Å². The Morgan fingerprint density at radius 2 is 2.06 bits per heavy atom. The normalized spacial score (nSPS) is 10.7. The summed E-state index contributed by atoms with van der Waals surface area (Å²) >= 11 is 5.96. The van der Waals surface area contributed by atoms with Crippen LogP contribution in [0.1, 0.15) is 12.7 Å². The highest BCUT2D eigenvalue weighted by Gasteiger charge is 2.10. The van der Waals surface area contributed by atoms with E-state index in [4.69, 9.17) is 17.3 Å². The van der Waals surface area contributed by atoms with E-state index in [0.717, 1.165) is 23.8 Å². The lowest BCUT2D eigenvalue weighted by molar-refractivity contribution is 0.737. The first-order chi connectivity index (χ1) is 7.61. The molecule has 0 fully saturated rings. The van der Waals surface area contributed by atoms with Crippen molar-refractivity contribution >= 4 is 17.3 Å². The Bertz CT molecular complexity index is 498. The molecule has 16 heavy (non-hydrogen) atoms. The molecule has 0 bridgehead atoms. The van der Waals surface area contributed by atoms with Crippen molar-refractivity contribution in [1.82, 2.24) is 14.8 Å². The summed E-state index contributed by atoms with van der Waals surface area (Å²) in [5.41, 5.74) is 7.28. The fraction of sp³-hybridized carbons (Fsp3) is 0.273. The van der Waals surface area contributed by atoms with Gasteiger partial charge in [-0.2, -0.15) is 0 Å². The molecular weight excluding hydrogens is 224 g/mol. The number of anilines is 1. The van der Waals surface area contributed by atoms with Crippen molar-refractivity contribution in [3.05, 3.63) is 29.0 Å². The van der Waals surface area contributed by atoms with E-state index in [-0.39, 0.29) is 0 Å². The predicted octanol–water partition coefficient (Wildman–Crippen LogP) is 2.51. The van der Waals surface area contributed by atoms with E-state index < -0.39 is 0 Å². The summed E-state index contributed by atoms with van der Waals surface area (Å²) in [6.07, 6.45) is 0. The highest BCUT2D eigenvalue weighted by atomic mass is 35.5. The summed E-state index contributed by atoms with van der Waals surface area (Å²) in [6.45, 7) is 4.79. The minimum Gasteiger partial charge on any atom is -0.399 e. The van der Waals surface area contributed by atoms with Crippen LogP contribution in [-0.4, -0.2) is 14.8 Å². The molecule has 0 saturated heterocycles. The monoisotopic (exact) mass is 236 g/mol. The van der Waals surface area contributed by atoms with Crippen LogP contribution in [0.4, 0.5) is 5.69 Å². The van der Waals surface area contributed by atoms with Gasteiger partial charge >= 0.3 is 0 Å². The van der Waals surface area contributed by atoms with Crippen LogP contribution in [0.15, 0.2) is 18.2 Å². The van der Waals surface area contributed by atoms with E-state index in [2.05, 4.69) is 10.2 Å². The van der Waals surface area contributed by atoms with Gasteiger partial charge < -0.3 is 10.3 Å². The second-order valence-electron chi connectivity index (χ2n) is 3.59. The van der Waals surface area contributed by atoms with Gasteiger partial charge in [0.25, 0.3) is 0 Å². The molecule has 0 amide bonds. The van der Waals surface area contributed by atoms with Crippen LogP contribution < -0.4 is 5.73 Å². The zero-order valence-electron chi connectivity index (χ0n) is 9.24. The average Bonchev–Trinajstić information content (AvgIpc) is 2.58. The standard InChI is InChI=1S/C11H13ClN4/c1-3-16-7(2)14-15-11(16)8-4-9(12)6-10(13)5-8/h4-6H,3,13H2,1-2H3. The van der Waals surface area contributed by atoms with Gasteiger partial charge in [0.1, 0.15) is 5.82 Å². The number of hydrogen-bond donors (Lipinski definition) is 1. The molecule has 0 atom stereocenters. The van der Waals surface area contributed by atoms with Crippen molar-refractivity contribution in [1.29, 1.82) is 0 Å². The second-order valence-corrected chi connectivity index (χ2v) is 4.02. The van der Waals surface area contributed by atoms with E-state index in [1.165, 1.54) is 0 Å². The highest BCUT2D eigenvalue weighted by Crippen LogP contribution is 2.25. The molecule has 1 heterocycles. The minimum atomic E-state index is 0.610. The van der Waals surface area contributed by atoms with Gasteiger partial charge in [0.15, 0.2) is 5.82 Å². The maximum Gasteiger partial charge on any atom is 0.164 e. The quantitative estimate of drug-likeness (QED) is 0.816. The van der Waals surface area contributed by atoms with E-state index in [1.54, 1.807) is 6.07 Å². The third-order valence-electron chi connectivity index (χ3n) is 2.43. The Morgan fingerprint density at radius 1 is 1.31 bits per heavy atom. The molecule has 0 aliphatic heterocycles. The number of halogens is 1. The van der Waals surface area contributed by atoms with E-state index in [0.29, 0.717) is 10.7 Å². The van der Waals surface area contributed by atoms with E-state index in [1.807, 2.05) is 30.5 Å². The van der Waals surface area contributed by atoms with Gasteiger partial charge in [-0.05, 0) is 32.0 Å². The number of aromatic nitrogens is 3. The SMILES string of the molecule is CCn1c(C)nnc1-c1cc(N)cc(Cl)c1. The molecule has 4 nitrogen and oxygen atoms in total. The molecule has 0 unspecified atom stereocenters. The van der Waals surface area contributed by atoms with Gasteiger partial charge in [0, 0.05) is 22.8 Å². The van der Waals surface area contributed by atoms with Crippen molar-refractivity contribution in [2.24, 2.45) is 0 Å². The molecule has 1 aromatic heterocycles. The van der Waals surface area contributed by atoms with Crippen LogP contribution >= 0.6 is 11.6 Å². The van der Waals surface area contributed by atoms with Crippen LogP contribution in [0, 0.1) is 6.92 Å². The first-order valence-electron chi connectivity index (χ1n) is 5.08. The largest absolute Gasteiger partial charge is 0.399 e. The molecule has 0 radical (unpaired) electrons. The van der Waals surface area contributed by atoms with Crippen molar-refractivity contribution in [2.45, 2.75) is 20.4 Å². The summed E-state index contributed by atoms with van der Waals surface area (Å²) in [5.74, 6) is 1.69. The predicted molar refractivity (Wildman–Crippen MR) is 65.3 cm³/mol. The Balaban J connectivity index is 2.58. The van der Waals surface area contributed by atoms with Crippen LogP contribution in [0.3, 0.4) is 0 Å². The molecule has 2 aromatic rings. The lowest BCUT2D eigenvalue weighted by Crippen LogP contribution is -2.00. The van der Waals surface area contributed by atoms with E-state index in [9.17, 15) is 0 Å². The third-order valence-corrected chi connectivity index (χ3v) is 2.65. The highest BCUT2D eigenvalue weighted by molar-refractivity contribution is 6.31. The number of hydrogen-bond acceptors (Lipinski definition) is 3. The number of nitrogen functional groups attached to an aromatic ring is 1. The molecule has 1 aromatic carbocycles. The maximum atomic E-state index is 5.96. The van der Waals surface area contributed by atoms with Gasteiger partial charge in [-0.1, -0.05) is 11.6 Å². The summed E-state index contributed by atoms with van der Waals surface area (Å²) in [6, 6.07) is 5.40. The molecule has 84 valence electrons. The molecule has 2 rings (SSSR count). The van der Waals surface area contributed by atoms with Gasteiger partial charge in [0.2, 0.25) is 0 Å². The molecule has 0 saturated carbocycles. The third kappa shape index (κ3) is 1.88. The fourth-order valence-electron chi connectivity index (χ4n) is 1.71. The first-order valence-corrected chi connectivity index (χ1v) is 5.46. The lowest BCUT2D eigenvalue weighted by atomic mass is 10.2.